The van der Waals surface area contributed by atoms with E-state index in [-0.39, 0.29) is 0 Å². The first kappa shape index (κ1) is 14.4. The molecule has 0 aromatic carbocycles. The first-order chi connectivity index (χ1) is 8.97. The molecule has 1 aliphatic rings. The molecule has 1 saturated heterocycles. The minimum Gasteiger partial charge on any atom is -0.315 e. The molecule has 1 aromatic heterocycles. The predicted molar refractivity (Wildman–Crippen MR) is 73.0 cm³/mol. The fraction of sp³-hybridized carbons (Fsp3) is 0.700. The Morgan fingerprint density at radius 3 is 2.89 bits per heavy atom. The summed E-state index contributed by atoms with van der Waals surface area (Å²) in [5.74, 6) is -1.06. The molecule has 2 heterocycles. The third-order valence-corrected chi connectivity index (χ3v) is 5.70. The average molecular weight is 304 g/mol. The van der Waals surface area contributed by atoms with Gasteiger partial charge in [-0.2, -0.15) is 0 Å². The van der Waals surface area contributed by atoms with Crippen LogP contribution in [0, 0.1) is 6.92 Å². The van der Waals surface area contributed by atoms with Gasteiger partial charge in [0.25, 0.3) is 0 Å². The highest BCUT2D eigenvalue weighted by Gasteiger charge is 2.29. The molecule has 0 spiro atoms. The van der Waals surface area contributed by atoms with Crippen molar-refractivity contribution in [3.63, 3.8) is 0 Å². The summed E-state index contributed by atoms with van der Waals surface area (Å²) >= 11 is 1.22. The van der Waals surface area contributed by atoms with E-state index in [4.69, 9.17) is 0 Å². The van der Waals surface area contributed by atoms with Crippen LogP contribution in [-0.4, -0.2) is 48.6 Å². The summed E-state index contributed by atoms with van der Waals surface area (Å²) < 4.78 is 24.1. The number of aryl methyl sites for hydroxylation is 1. The molecule has 2 N–H and O–H groups in total. The molecule has 2 rings (SSSR count). The lowest BCUT2D eigenvalue weighted by Crippen LogP contribution is -2.41. The van der Waals surface area contributed by atoms with Gasteiger partial charge in [0, 0.05) is 6.54 Å². The highest BCUT2D eigenvalue weighted by atomic mass is 32.2. The molecule has 1 atom stereocenters. The molecule has 1 unspecified atom stereocenters. The fourth-order valence-electron chi connectivity index (χ4n) is 1.93. The summed E-state index contributed by atoms with van der Waals surface area (Å²) in [6.07, 6.45) is 1.43. The maximum absolute atomic E-state index is 12.1. The molecular weight excluding hydrogens is 288 g/mol. The fourth-order valence-corrected chi connectivity index (χ4v) is 4.11. The number of anilines is 1. The molecule has 1 aromatic rings. The number of carbonyl (C=O) groups excluding carboxylic acids is 1. The van der Waals surface area contributed by atoms with E-state index in [1.165, 1.54) is 11.3 Å². The third-order valence-electron chi connectivity index (χ3n) is 2.86. The zero-order chi connectivity index (χ0) is 13.9. The summed E-state index contributed by atoms with van der Waals surface area (Å²) in [6.45, 7) is 3.02. The molecule has 1 fully saturated rings. The number of nitrogens with one attached hydrogen (secondary N) is 2. The van der Waals surface area contributed by atoms with Gasteiger partial charge in [0.15, 0.2) is 9.84 Å². The maximum atomic E-state index is 12.1. The lowest BCUT2D eigenvalue weighted by atomic mass is 10.2. The van der Waals surface area contributed by atoms with Gasteiger partial charge in [0.1, 0.15) is 10.8 Å². The monoisotopic (exact) mass is 304 g/mol. The standard InChI is InChI=1S/C10H16N4O3S2/c1-7-13-14-10(18-7)12-9(15)6-19(16,17)8-3-2-4-11-5-8/h8,11H,2-6H2,1H3,(H,12,14,15). The highest BCUT2D eigenvalue weighted by molar-refractivity contribution is 7.92. The van der Waals surface area contributed by atoms with Crippen LogP contribution < -0.4 is 10.6 Å². The number of sulfone groups is 1. The van der Waals surface area contributed by atoms with E-state index < -0.39 is 26.7 Å². The van der Waals surface area contributed by atoms with Crippen molar-refractivity contribution in [3.8, 4) is 0 Å². The van der Waals surface area contributed by atoms with Crippen LogP contribution in [-0.2, 0) is 14.6 Å². The zero-order valence-corrected chi connectivity index (χ0v) is 12.2. The number of rotatable bonds is 4. The Kier molecular flexibility index (Phi) is 4.48. The zero-order valence-electron chi connectivity index (χ0n) is 10.5. The third kappa shape index (κ3) is 3.95. The van der Waals surface area contributed by atoms with Gasteiger partial charge >= 0.3 is 0 Å². The summed E-state index contributed by atoms with van der Waals surface area (Å²) in [6, 6.07) is 0. The van der Waals surface area contributed by atoms with E-state index in [9.17, 15) is 13.2 Å². The van der Waals surface area contributed by atoms with Crippen molar-refractivity contribution >= 4 is 32.2 Å². The normalized spacial score (nSPS) is 20.2. The number of aromatic nitrogens is 2. The SMILES string of the molecule is Cc1nnc(NC(=O)CS(=O)(=O)C2CCCNC2)s1. The molecule has 9 heteroatoms. The van der Waals surface area contributed by atoms with E-state index in [0.717, 1.165) is 18.0 Å². The van der Waals surface area contributed by atoms with Gasteiger partial charge in [-0.3, -0.25) is 10.1 Å². The van der Waals surface area contributed by atoms with E-state index in [0.29, 0.717) is 18.1 Å². The first-order valence-corrected chi connectivity index (χ1v) is 8.53. The lowest BCUT2D eigenvalue weighted by Gasteiger charge is -2.22. The van der Waals surface area contributed by atoms with E-state index >= 15 is 0 Å². The highest BCUT2D eigenvalue weighted by Crippen LogP contribution is 2.15. The Morgan fingerprint density at radius 1 is 1.53 bits per heavy atom. The molecule has 0 radical (unpaired) electrons. The van der Waals surface area contributed by atoms with Gasteiger partial charge in [-0.15, -0.1) is 10.2 Å². The molecule has 1 amide bonds. The van der Waals surface area contributed by atoms with Crippen molar-refractivity contribution in [2.24, 2.45) is 0 Å². The molecule has 106 valence electrons. The van der Waals surface area contributed by atoms with Crippen LogP contribution in [0.15, 0.2) is 0 Å². The Labute approximate surface area is 115 Å². The summed E-state index contributed by atoms with van der Waals surface area (Å²) in [4.78, 5) is 11.7. The van der Waals surface area contributed by atoms with Crippen LogP contribution in [0.2, 0.25) is 0 Å². The van der Waals surface area contributed by atoms with E-state index in [1.807, 2.05) is 0 Å². The molecule has 19 heavy (non-hydrogen) atoms. The maximum Gasteiger partial charge on any atom is 0.241 e. The van der Waals surface area contributed by atoms with Gasteiger partial charge in [0.05, 0.1) is 5.25 Å². The van der Waals surface area contributed by atoms with Crippen molar-refractivity contribution in [3.05, 3.63) is 5.01 Å². The van der Waals surface area contributed by atoms with Gasteiger partial charge in [0.2, 0.25) is 11.0 Å². The van der Waals surface area contributed by atoms with Crippen LogP contribution in [0.4, 0.5) is 5.13 Å². The molecule has 0 aliphatic carbocycles. The smallest absolute Gasteiger partial charge is 0.241 e. The van der Waals surface area contributed by atoms with E-state index in [2.05, 4.69) is 20.8 Å². The largest absolute Gasteiger partial charge is 0.315 e. The topological polar surface area (TPSA) is 101 Å². The number of amides is 1. The second kappa shape index (κ2) is 5.93. The van der Waals surface area contributed by atoms with Gasteiger partial charge in [-0.25, -0.2) is 8.42 Å². The van der Waals surface area contributed by atoms with Crippen molar-refractivity contribution in [1.29, 1.82) is 0 Å². The first-order valence-electron chi connectivity index (χ1n) is 5.99. The minimum absolute atomic E-state index is 0.333. The van der Waals surface area contributed by atoms with Crippen molar-refractivity contribution < 1.29 is 13.2 Å². The predicted octanol–water partition coefficient (Wildman–Crippen LogP) is -0.0482. The number of carbonyl (C=O) groups is 1. The van der Waals surface area contributed by atoms with Crippen LogP contribution >= 0.6 is 11.3 Å². The van der Waals surface area contributed by atoms with Crippen LogP contribution in [0.5, 0.6) is 0 Å². The second-order valence-electron chi connectivity index (χ2n) is 4.45. The lowest BCUT2D eigenvalue weighted by molar-refractivity contribution is -0.113. The van der Waals surface area contributed by atoms with Crippen LogP contribution in [0.3, 0.4) is 0 Å². The number of hydrogen-bond acceptors (Lipinski definition) is 7. The summed E-state index contributed by atoms with van der Waals surface area (Å²) in [5.41, 5.74) is 0. The quantitative estimate of drug-likeness (QED) is 0.809. The number of nitrogens with zero attached hydrogens (tertiary/aromatic N) is 2. The van der Waals surface area contributed by atoms with E-state index in [1.54, 1.807) is 6.92 Å². The van der Waals surface area contributed by atoms with Crippen LogP contribution in [0.1, 0.15) is 17.8 Å². The van der Waals surface area contributed by atoms with Gasteiger partial charge < -0.3 is 5.32 Å². The second-order valence-corrected chi connectivity index (χ2v) is 7.91. The Morgan fingerprint density at radius 2 is 2.32 bits per heavy atom. The summed E-state index contributed by atoms with van der Waals surface area (Å²) in [5, 5.41) is 13.6. The Hall–Kier alpha value is -1.06. The molecular formula is C10H16N4O3S2. The van der Waals surface area contributed by atoms with Crippen molar-refractivity contribution in [2.75, 3.05) is 24.2 Å². The van der Waals surface area contributed by atoms with Crippen LogP contribution in [0.25, 0.3) is 0 Å². The van der Waals surface area contributed by atoms with Gasteiger partial charge in [-0.05, 0) is 26.3 Å². The Balaban J connectivity index is 1.93. The molecule has 0 saturated carbocycles. The molecule has 0 bridgehead atoms. The number of piperidine rings is 1. The summed E-state index contributed by atoms with van der Waals surface area (Å²) in [7, 11) is -3.41. The Bertz CT molecular complexity index is 549. The molecule has 7 nitrogen and oxygen atoms in total. The minimum atomic E-state index is -3.41. The molecule has 1 aliphatic heterocycles. The van der Waals surface area contributed by atoms with Crippen molar-refractivity contribution in [2.45, 2.75) is 25.0 Å². The average Bonchev–Trinajstić information content (AvgIpc) is 2.75. The number of hydrogen-bond donors (Lipinski definition) is 2. The van der Waals surface area contributed by atoms with Crippen molar-refractivity contribution in [1.82, 2.24) is 15.5 Å². The van der Waals surface area contributed by atoms with Gasteiger partial charge in [-0.1, -0.05) is 11.3 Å².